The minimum absolute atomic E-state index is 0.144. The smallest absolute Gasteiger partial charge is 0.248 e. The van der Waals surface area contributed by atoms with Crippen molar-refractivity contribution in [2.45, 2.75) is 12.5 Å². The molecule has 0 fully saturated rings. The number of amides is 2. The van der Waals surface area contributed by atoms with Gasteiger partial charge in [-0.1, -0.05) is 30.0 Å². The van der Waals surface area contributed by atoms with E-state index in [1.54, 1.807) is 24.3 Å². The fourth-order valence-corrected chi connectivity index (χ4v) is 3.83. The minimum atomic E-state index is -0.500. The van der Waals surface area contributed by atoms with E-state index in [9.17, 15) is 9.59 Å². The minimum Gasteiger partial charge on any atom is -0.366 e. The van der Waals surface area contributed by atoms with E-state index < -0.39 is 5.91 Å². The third-order valence-electron chi connectivity index (χ3n) is 4.32. The summed E-state index contributed by atoms with van der Waals surface area (Å²) >= 11 is 1.35. The number of thioether (sulfide) groups is 1. The normalized spacial score (nSPS) is 17.1. The van der Waals surface area contributed by atoms with E-state index in [2.05, 4.69) is 21.5 Å². The van der Waals surface area contributed by atoms with Crippen molar-refractivity contribution in [3.05, 3.63) is 59.7 Å². The molecule has 8 heteroatoms. The summed E-state index contributed by atoms with van der Waals surface area (Å²) in [5.41, 5.74) is 8.30. The van der Waals surface area contributed by atoms with Gasteiger partial charge < -0.3 is 11.1 Å². The van der Waals surface area contributed by atoms with Crippen LogP contribution in [0.2, 0.25) is 0 Å². The van der Waals surface area contributed by atoms with Crippen LogP contribution >= 0.6 is 11.8 Å². The number of carbonyl (C=O) groups is 2. The van der Waals surface area contributed by atoms with Gasteiger partial charge in [0.2, 0.25) is 11.8 Å². The monoisotopic (exact) mass is 379 g/mol. The van der Waals surface area contributed by atoms with Gasteiger partial charge in [-0.2, -0.15) is 5.10 Å². The van der Waals surface area contributed by atoms with Crippen LogP contribution in [0.15, 0.2) is 58.6 Å². The maximum atomic E-state index is 12.3. The summed E-state index contributed by atoms with van der Waals surface area (Å²) in [6.07, 6.45) is 2.71. The van der Waals surface area contributed by atoms with Crippen molar-refractivity contribution in [2.75, 3.05) is 11.1 Å². The van der Waals surface area contributed by atoms with Gasteiger partial charge in [-0.25, -0.2) is 10.0 Å². The molecule has 4 rings (SSSR count). The first-order chi connectivity index (χ1) is 13.1. The molecule has 3 N–H and O–H groups in total. The van der Waals surface area contributed by atoms with E-state index >= 15 is 0 Å². The van der Waals surface area contributed by atoms with Crippen molar-refractivity contribution in [2.24, 2.45) is 15.8 Å². The summed E-state index contributed by atoms with van der Waals surface area (Å²) < 4.78 is 0. The van der Waals surface area contributed by atoms with E-state index in [0.29, 0.717) is 16.4 Å². The van der Waals surface area contributed by atoms with Gasteiger partial charge in [0.15, 0.2) is 5.17 Å². The molecule has 2 aromatic carbocycles. The third-order valence-corrected chi connectivity index (χ3v) is 5.27. The maximum absolute atomic E-state index is 12.3. The van der Waals surface area contributed by atoms with Crippen molar-refractivity contribution in [3.63, 3.8) is 0 Å². The molecule has 2 amide bonds. The second-order valence-electron chi connectivity index (χ2n) is 6.13. The molecule has 0 aromatic heterocycles. The standard InChI is InChI=1S/C19H17N5O2S/c20-18(26)12-5-7-13(8-6-12)22-17(25)11-27-19-23-15-4-2-1-3-14(15)16-9-10-21-24(16)19/h1-8,10,16H,9,11H2,(H2,20,26)(H,22,25)/t16-/m1/s1. The highest BCUT2D eigenvalue weighted by Gasteiger charge is 2.32. The number of hydrazone groups is 1. The molecule has 2 aromatic rings. The Hall–Kier alpha value is -3.13. The number of nitrogens with zero attached hydrogens (tertiary/aromatic N) is 3. The van der Waals surface area contributed by atoms with Crippen molar-refractivity contribution in [1.29, 1.82) is 0 Å². The Kier molecular flexibility index (Phi) is 4.64. The number of aliphatic imine (C=N–C) groups is 1. The van der Waals surface area contributed by atoms with Crippen LogP contribution in [-0.4, -0.2) is 34.0 Å². The van der Waals surface area contributed by atoms with Crippen LogP contribution in [0.4, 0.5) is 11.4 Å². The van der Waals surface area contributed by atoms with Gasteiger partial charge in [-0.05, 0) is 30.3 Å². The zero-order valence-electron chi connectivity index (χ0n) is 14.3. The first-order valence-electron chi connectivity index (χ1n) is 8.43. The molecule has 27 heavy (non-hydrogen) atoms. The molecule has 0 bridgehead atoms. The van der Waals surface area contributed by atoms with Crippen LogP contribution in [0, 0.1) is 0 Å². The predicted octanol–water partition coefficient (Wildman–Crippen LogP) is 2.89. The van der Waals surface area contributed by atoms with Gasteiger partial charge in [0, 0.05) is 29.4 Å². The number of hydrogen-bond acceptors (Lipinski definition) is 6. The van der Waals surface area contributed by atoms with E-state index in [0.717, 1.165) is 17.7 Å². The number of nitrogens with one attached hydrogen (secondary N) is 1. The Bertz CT molecular complexity index is 955. The quantitative estimate of drug-likeness (QED) is 0.853. The van der Waals surface area contributed by atoms with E-state index in [1.807, 2.05) is 29.4 Å². The number of benzene rings is 2. The number of carbonyl (C=O) groups excluding carboxylic acids is 2. The Morgan fingerprint density at radius 2 is 1.96 bits per heavy atom. The van der Waals surface area contributed by atoms with Crippen LogP contribution in [-0.2, 0) is 4.79 Å². The summed E-state index contributed by atoms with van der Waals surface area (Å²) in [5.74, 6) is -0.454. The SMILES string of the molecule is NC(=O)c1ccc(NC(=O)CSC2=Nc3ccccc3[C@H]3CC=NN23)cc1. The first kappa shape index (κ1) is 17.3. The van der Waals surface area contributed by atoms with Gasteiger partial charge in [0.05, 0.1) is 17.5 Å². The zero-order chi connectivity index (χ0) is 18.8. The second-order valence-corrected chi connectivity index (χ2v) is 7.07. The van der Waals surface area contributed by atoms with Gasteiger partial charge in [0.25, 0.3) is 0 Å². The molecular weight excluding hydrogens is 362 g/mol. The third kappa shape index (κ3) is 3.56. The highest BCUT2D eigenvalue weighted by atomic mass is 32.2. The number of rotatable bonds is 4. The number of amidine groups is 1. The Balaban J connectivity index is 1.42. The van der Waals surface area contributed by atoms with Crippen LogP contribution in [0.25, 0.3) is 0 Å². The lowest BCUT2D eigenvalue weighted by Gasteiger charge is -2.29. The zero-order valence-corrected chi connectivity index (χ0v) is 15.1. The van der Waals surface area contributed by atoms with Crippen molar-refractivity contribution >= 4 is 46.3 Å². The fourth-order valence-electron chi connectivity index (χ4n) is 3.03. The number of nitrogens with two attached hydrogens (primary N) is 1. The molecule has 1 atom stereocenters. The molecule has 0 radical (unpaired) electrons. The van der Waals surface area contributed by atoms with Crippen molar-refractivity contribution in [3.8, 4) is 0 Å². The molecule has 2 heterocycles. The molecule has 136 valence electrons. The lowest BCUT2D eigenvalue weighted by Crippen LogP contribution is -2.29. The first-order valence-corrected chi connectivity index (χ1v) is 9.42. The van der Waals surface area contributed by atoms with Crippen molar-refractivity contribution in [1.82, 2.24) is 5.01 Å². The fraction of sp³-hybridized carbons (Fsp3) is 0.158. The van der Waals surface area contributed by atoms with E-state index in [4.69, 9.17) is 5.73 Å². The number of anilines is 1. The molecule has 0 unspecified atom stereocenters. The van der Waals surface area contributed by atoms with Crippen LogP contribution < -0.4 is 11.1 Å². The molecule has 0 saturated heterocycles. The van der Waals surface area contributed by atoms with Crippen LogP contribution in [0.3, 0.4) is 0 Å². The molecule has 0 spiro atoms. The predicted molar refractivity (Wildman–Crippen MR) is 107 cm³/mol. The van der Waals surface area contributed by atoms with Gasteiger partial charge in [0.1, 0.15) is 0 Å². The lowest BCUT2D eigenvalue weighted by molar-refractivity contribution is -0.113. The lowest BCUT2D eigenvalue weighted by atomic mass is 10.0. The van der Waals surface area contributed by atoms with E-state index in [-0.39, 0.29) is 17.7 Å². The van der Waals surface area contributed by atoms with Gasteiger partial charge >= 0.3 is 0 Å². The molecule has 2 aliphatic heterocycles. The van der Waals surface area contributed by atoms with Gasteiger partial charge in [-0.3, -0.25) is 9.59 Å². The van der Waals surface area contributed by atoms with Gasteiger partial charge in [-0.15, -0.1) is 0 Å². The summed E-state index contributed by atoms with van der Waals surface area (Å²) in [4.78, 5) is 28.0. The molecular formula is C19H17N5O2S. The Morgan fingerprint density at radius 1 is 1.19 bits per heavy atom. The maximum Gasteiger partial charge on any atom is 0.248 e. The highest BCUT2D eigenvalue weighted by molar-refractivity contribution is 8.14. The molecule has 7 nitrogen and oxygen atoms in total. The van der Waals surface area contributed by atoms with Crippen LogP contribution in [0.1, 0.15) is 28.4 Å². The Labute approximate surface area is 160 Å². The second kappa shape index (κ2) is 7.24. The topological polar surface area (TPSA) is 100 Å². The summed E-state index contributed by atoms with van der Waals surface area (Å²) in [5, 5.41) is 9.80. The number of fused-ring (bicyclic) bond motifs is 3. The number of para-hydroxylation sites is 1. The van der Waals surface area contributed by atoms with Crippen molar-refractivity contribution < 1.29 is 9.59 Å². The average molecular weight is 379 g/mol. The summed E-state index contributed by atoms with van der Waals surface area (Å²) in [6.45, 7) is 0. The van der Waals surface area contributed by atoms with E-state index in [1.165, 1.54) is 11.8 Å². The summed E-state index contributed by atoms with van der Waals surface area (Å²) in [6, 6.07) is 14.6. The molecule has 0 saturated carbocycles. The molecule has 2 aliphatic rings. The highest BCUT2D eigenvalue weighted by Crippen LogP contribution is 2.40. The largest absolute Gasteiger partial charge is 0.366 e. The number of hydrogen-bond donors (Lipinski definition) is 2. The molecule has 0 aliphatic carbocycles. The average Bonchev–Trinajstić information content (AvgIpc) is 3.17. The summed E-state index contributed by atoms with van der Waals surface area (Å²) in [7, 11) is 0. The number of primary amides is 1. The van der Waals surface area contributed by atoms with Crippen LogP contribution in [0.5, 0.6) is 0 Å². The Morgan fingerprint density at radius 3 is 2.74 bits per heavy atom.